The SMILES string of the molecule is CCOC(=O)C1=C=C(C)SN=C1c1ccc(OC)cc1. The number of ether oxygens (including phenoxy) is 2. The van der Waals surface area contributed by atoms with Crippen LogP contribution in [0, 0.1) is 0 Å². The molecule has 0 bridgehead atoms. The van der Waals surface area contributed by atoms with Crippen LogP contribution in [0.4, 0.5) is 0 Å². The summed E-state index contributed by atoms with van der Waals surface area (Å²) in [6.07, 6.45) is 0. The van der Waals surface area contributed by atoms with Gasteiger partial charge in [-0.05, 0) is 38.1 Å². The van der Waals surface area contributed by atoms with E-state index in [4.69, 9.17) is 9.47 Å². The van der Waals surface area contributed by atoms with Gasteiger partial charge in [-0.3, -0.25) is 0 Å². The molecule has 0 aliphatic carbocycles. The van der Waals surface area contributed by atoms with Crippen molar-refractivity contribution in [2.45, 2.75) is 13.8 Å². The van der Waals surface area contributed by atoms with Crippen LogP contribution in [-0.4, -0.2) is 25.4 Å². The van der Waals surface area contributed by atoms with Gasteiger partial charge in [0.25, 0.3) is 0 Å². The summed E-state index contributed by atoms with van der Waals surface area (Å²) >= 11 is 1.30. The zero-order valence-electron chi connectivity index (χ0n) is 11.6. The van der Waals surface area contributed by atoms with Crippen LogP contribution in [0.2, 0.25) is 0 Å². The lowest BCUT2D eigenvalue weighted by molar-refractivity contribution is -0.137. The van der Waals surface area contributed by atoms with Crippen molar-refractivity contribution < 1.29 is 14.3 Å². The summed E-state index contributed by atoms with van der Waals surface area (Å²) in [5, 5.41) is 0. The average molecular weight is 289 g/mol. The predicted octanol–water partition coefficient (Wildman–Crippen LogP) is 3.14. The zero-order chi connectivity index (χ0) is 14.5. The maximum absolute atomic E-state index is 12.0. The smallest absolute Gasteiger partial charge is 0.348 e. The van der Waals surface area contributed by atoms with E-state index in [2.05, 4.69) is 10.1 Å². The van der Waals surface area contributed by atoms with Crippen LogP contribution in [0.1, 0.15) is 19.4 Å². The molecule has 0 fully saturated rings. The third-order valence-electron chi connectivity index (χ3n) is 2.65. The van der Waals surface area contributed by atoms with Gasteiger partial charge in [-0.25, -0.2) is 9.19 Å². The normalized spacial score (nSPS) is 14.1. The molecular weight excluding hydrogens is 274 g/mol. The molecule has 0 saturated carbocycles. The van der Waals surface area contributed by atoms with Crippen molar-refractivity contribution in [3.63, 3.8) is 0 Å². The highest BCUT2D eigenvalue weighted by molar-refractivity contribution is 8.02. The number of hydrogen-bond donors (Lipinski definition) is 0. The minimum atomic E-state index is -0.401. The van der Waals surface area contributed by atoms with Crippen molar-refractivity contribution in [2.24, 2.45) is 4.40 Å². The summed E-state index contributed by atoms with van der Waals surface area (Å²) in [5.41, 5.74) is 4.83. The van der Waals surface area contributed by atoms with Gasteiger partial charge >= 0.3 is 5.97 Å². The van der Waals surface area contributed by atoms with Crippen LogP contribution in [0.5, 0.6) is 5.75 Å². The molecule has 0 unspecified atom stereocenters. The monoisotopic (exact) mass is 289 g/mol. The first-order chi connectivity index (χ1) is 9.65. The minimum Gasteiger partial charge on any atom is -0.497 e. The molecule has 5 heteroatoms. The molecule has 1 aromatic carbocycles. The van der Waals surface area contributed by atoms with E-state index in [1.165, 1.54) is 11.9 Å². The van der Waals surface area contributed by atoms with Gasteiger partial charge in [0.2, 0.25) is 0 Å². The van der Waals surface area contributed by atoms with Crippen LogP contribution < -0.4 is 4.74 Å². The fraction of sp³-hybridized carbons (Fsp3) is 0.267. The first-order valence-corrected chi connectivity index (χ1v) is 6.97. The molecule has 4 nitrogen and oxygen atoms in total. The second kappa shape index (κ2) is 6.46. The molecule has 0 saturated heterocycles. The summed E-state index contributed by atoms with van der Waals surface area (Å²) in [7, 11) is 1.61. The van der Waals surface area contributed by atoms with Gasteiger partial charge in [-0.2, -0.15) is 0 Å². The lowest BCUT2D eigenvalue weighted by atomic mass is 10.0. The predicted molar refractivity (Wildman–Crippen MR) is 80.0 cm³/mol. The number of carbonyl (C=O) groups excluding carboxylic acids is 1. The Morgan fingerprint density at radius 3 is 2.65 bits per heavy atom. The Kier molecular flexibility index (Phi) is 4.66. The fourth-order valence-electron chi connectivity index (χ4n) is 1.71. The van der Waals surface area contributed by atoms with E-state index in [1.54, 1.807) is 14.0 Å². The van der Waals surface area contributed by atoms with Crippen LogP contribution in [0.3, 0.4) is 0 Å². The van der Waals surface area contributed by atoms with Crippen molar-refractivity contribution in [1.29, 1.82) is 0 Å². The third-order valence-corrected chi connectivity index (χ3v) is 3.30. The Morgan fingerprint density at radius 1 is 1.35 bits per heavy atom. The molecule has 0 radical (unpaired) electrons. The number of esters is 1. The number of carbonyl (C=O) groups is 1. The number of benzene rings is 1. The molecule has 0 atom stereocenters. The molecule has 0 amide bonds. The van der Waals surface area contributed by atoms with Crippen molar-refractivity contribution in [1.82, 2.24) is 0 Å². The molecule has 1 aliphatic rings. The van der Waals surface area contributed by atoms with Gasteiger partial charge in [0.15, 0.2) is 0 Å². The van der Waals surface area contributed by atoms with Crippen LogP contribution in [0.25, 0.3) is 0 Å². The van der Waals surface area contributed by atoms with Crippen LogP contribution >= 0.6 is 11.9 Å². The van der Waals surface area contributed by atoms with Gasteiger partial charge in [0, 0.05) is 22.4 Å². The van der Waals surface area contributed by atoms with Gasteiger partial charge in [-0.1, -0.05) is 5.73 Å². The molecule has 20 heavy (non-hydrogen) atoms. The second-order valence-corrected chi connectivity index (χ2v) is 5.01. The summed E-state index contributed by atoms with van der Waals surface area (Å²) < 4.78 is 14.6. The summed E-state index contributed by atoms with van der Waals surface area (Å²) in [6, 6.07) is 7.38. The molecule has 0 N–H and O–H groups in total. The van der Waals surface area contributed by atoms with E-state index in [0.29, 0.717) is 17.9 Å². The number of rotatable bonds is 4. The number of hydrogen-bond acceptors (Lipinski definition) is 5. The van der Waals surface area contributed by atoms with E-state index in [9.17, 15) is 4.79 Å². The highest BCUT2D eigenvalue weighted by atomic mass is 32.2. The number of methoxy groups -OCH3 is 1. The first kappa shape index (κ1) is 14.4. The highest BCUT2D eigenvalue weighted by Crippen LogP contribution is 2.26. The van der Waals surface area contributed by atoms with Crippen molar-refractivity contribution in [3.05, 3.63) is 46.0 Å². The Hall–Kier alpha value is -1.97. The molecule has 2 rings (SSSR count). The minimum absolute atomic E-state index is 0.325. The summed E-state index contributed by atoms with van der Waals surface area (Å²) in [4.78, 5) is 12.8. The van der Waals surface area contributed by atoms with Gasteiger partial charge in [0.1, 0.15) is 17.0 Å². The molecular formula is C15H15NO3S. The first-order valence-electron chi connectivity index (χ1n) is 6.20. The molecule has 1 aliphatic heterocycles. The zero-order valence-corrected chi connectivity index (χ0v) is 12.4. The van der Waals surface area contributed by atoms with Crippen molar-refractivity contribution in [3.8, 4) is 5.75 Å². The van der Waals surface area contributed by atoms with Crippen molar-refractivity contribution >= 4 is 23.6 Å². The molecule has 0 spiro atoms. The Bertz CT molecular complexity index is 611. The Morgan fingerprint density at radius 2 is 2.05 bits per heavy atom. The average Bonchev–Trinajstić information content (AvgIpc) is 2.47. The van der Waals surface area contributed by atoms with Crippen molar-refractivity contribution in [2.75, 3.05) is 13.7 Å². The Balaban J connectivity index is 2.39. The molecule has 0 aromatic heterocycles. The second-order valence-electron chi connectivity index (χ2n) is 4.04. The van der Waals surface area contributed by atoms with E-state index in [1.807, 2.05) is 31.2 Å². The van der Waals surface area contributed by atoms with Gasteiger partial charge in [0.05, 0.1) is 13.7 Å². The Labute approximate surface area is 122 Å². The van der Waals surface area contributed by atoms with Crippen LogP contribution in [-0.2, 0) is 9.53 Å². The van der Waals surface area contributed by atoms with Gasteiger partial charge < -0.3 is 9.47 Å². The molecule has 1 aromatic rings. The maximum atomic E-state index is 12.0. The van der Waals surface area contributed by atoms with E-state index >= 15 is 0 Å². The highest BCUT2D eigenvalue weighted by Gasteiger charge is 2.22. The van der Waals surface area contributed by atoms with E-state index in [-0.39, 0.29) is 0 Å². The summed E-state index contributed by atoms with van der Waals surface area (Å²) in [6.45, 7) is 3.96. The standard InChI is InChI=1S/C15H15NO3S/c1-4-19-15(17)13-9-10(2)20-16-14(13)11-5-7-12(18-3)8-6-11/h5-8H,4H2,1-3H3. The lowest BCUT2D eigenvalue weighted by Crippen LogP contribution is -2.17. The van der Waals surface area contributed by atoms with E-state index < -0.39 is 5.97 Å². The number of nitrogens with zero attached hydrogens (tertiary/aromatic N) is 1. The van der Waals surface area contributed by atoms with E-state index in [0.717, 1.165) is 16.2 Å². The van der Waals surface area contributed by atoms with Crippen LogP contribution in [0.15, 0.2) is 44.9 Å². The van der Waals surface area contributed by atoms with Gasteiger partial charge in [-0.15, -0.1) is 0 Å². The topological polar surface area (TPSA) is 47.9 Å². The quantitative estimate of drug-likeness (QED) is 0.485. The molecule has 104 valence electrons. The fourth-order valence-corrected chi connectivity index (χ4v) is 2.29. The largest absolute Gasteiger partial charge is 0.497 e. The molecule has 1 heterocycles. The maximum Gasteiger partial charge on any atom is 0.348 e. The third kappa shape index (κ3) is 3.13. The summed E-state index contributed by atoms with van der Waals surface area (Å²) in [5.74, 6) is 0.355. The lowest BCUT2D eigenvalue weighted by Gasteiger charge is -2.12.